The molecule has 4 heteroatoms. The molecule has 1 saturated heterocycles. The molecule has 0 N–H and O–H groups in total. The summed E-state index contributed by atoms with van der Waals surface area (Å²) in [6.07, 6.45) is 5.37. The SMILES string of the molecule is CCC1(CC)CCN(Cc2ccc(C(=O)OC)cn2)C1. The summed E-state index contributed by atoms with van der Waals surface area (Å²) in [7, 11) is 1.38. The van der Waals surface area contributed by atoms with Crippen molar-refractivity contribution < 1.29 is 9.53 Å². The van der Waals surface area contributed by atoms with Gasteiger partial charge < -0.3 is 4.74 Å². The molecule has 1 aliphatic heterocycles. The molecule has 110 valence electrons. The summed E-state index contributed by atoms with van der Waals surface area (Å²) in [5.41, 5.74) is 2.01. The van der Waals surface area contributed by atoms with Crippen molar-refractivity contribution in [3.05, 3.63) is 29.6 Å². The second-order valence-electron chi connectivity index (χ2n) is 5.70. The number of rotatable bonds is 5. The van der Waals surface area contributed by atoms with Crippen LogP contribution in [0.15, 0.2) is 18.3 Å². The van der Waals surface area contributed by atoms with Gasteiger partial charge in [0.1, 0.15) is 0 Å². The van der Waals surface area contributed by atoms with Crippen LogP contribution >= 0.6 is 0 Å². The Kier molecular flexibility index (Phi) is 4.76. The predicted octanol–water partition coefficient (Wildman–Crippen LogP) is 2.88. The molecule has 0 spiro atoms. The van der Waals surface area contributed by atoms with Gasteiger partial charge in [-0.05, 0) is 43.4 Å². The van der Waals surface area contributed by atoms with Crippen LogP contribution in [0.1, 0.15) is 49.2 Å². The average Bonchev–Trinajstić information content (AvgIpc) is 2.91. The van der Waals surface area contributed by atoms with Crippen molar-refractivity contribution in [2.45, 2.75) is 39.7 Å². The number of nitrogens with zero attached hydrogens (tertiary/aromatic N) is 2. The summed E-state index contributed by atoms with van der Waals surface area (Å²) in [6, 6.07) is 3.71. The summed E-state index contributed by atoms with van der Waals surface area (Å²) in [5, 5.41) is 0. The molecule has 0 saturated carbocycles. The largest absolute Gasteiger partial charge is 0.465 e. The number of ether oxygens (including phenoxy) is 1. The summed E-state index contributed by atoms with van der Waals surface area (Å²) in [5.74, 6) is -0.332. The lowest BCUT2D eigenvalue weighted by Gasteiger charge is -2.26. The van der Waals surface area contributed by atoms with Crippen molar-refractivity contribution in [1.29, 1.82) is 0 Å². The van der Waals surface area contributed by atoms with E-state index in [0.717, 1.165) is 25.3 Å². The number of hydrogen-bond donors (Lipinski definition) is 0. The number of pyridine rings is 1. The quantitative estimate of drug-likeness (QED) is 0.776. The number of carbonyl (C=O) groups is 1. The highest BCUT2D eigenvalue weighted by atomic mass is 16.5. The Balaban J connectivity index is 1.96. The molecule has 2 rings (SSSR count). The lowest BCUT2D eigenvalue weighted by molar-refractivity contribution is 0.0600. The topological polar surface area (TPSA) is 42.4 Å². The Morgan fingerprint density at radius 3 is 2.65 bits per heavy atom. The van der Waals surface area contributed by atoms with E-state index in [4.69, 9.17) is 0 Å². The van der Waals surface area contributed by atoms with Gasteiger partial charge >= 0.3 is 5.97 Å². The third-order valence-corrected chi connectivity index (χ3v) is 4.65. The number of aromatic nitrogens is 1. The second-order valence-corrected chi connectivity index (χ2v) is 5.70. The molecule has 1 fully saturated rings. The van der Waals surface area contributed by atoms with Crippen LogP contribution in [-0.2, 0) is 11.3 Å². The number of hydrogen-bond acceptors (Lipinski definition) is 4. The minimum absolute atomic E-state index is 0.332. The summed E-state index contributed by atoms with van der Waals surface area (Å²) >= 11 is 0. The molecule has 0 unspecified atom stereocenters. The van der Waals surface area contributed by atoms with E-state index in [9.17, 15) is 4.79 Å². The molecule has 0 bridgehead atoms. The van der Waals surface area contributed by atoms with Gasteiger partial charge in [0.2, 0.25) is 0 Å². The average molecular weight is 276 g/mol. The van der Waals surface area contributed by atoms with E-state index in [2.05, 4.69) is 28.5 Å². The molecule has 4 nitrogen and oxygen atoms in total. The third-order valence-electron chi connectivity index (χ3n) is 4.65. The zero-order valence-corrected chi connectivity index (χ0v) is 12.7. The minimum atomic E-state index is -0.332. The predicted molar refractivity (Wildman–Crippen MR) is 78.5 cm³/mol. The van der Waals surface area contributed by atoms with E-state index in [0.29, 0.717) is 11.0 Å². The summed E-state index contributed by atoms with van der Waals surface area (Å²) in [4.78, 5) is 18.2. The van der Waals surface area contributed by atoms with Gasteiger partial charge in [0.15, 0.2) is 0 Å². The molecule has 0 aliphatic carbocycles. The summed E-state index contributed by atoms with van der Waals surface area (Å²) < 4.78 is 4.68. The van der Waals surface area contributed by atoms with Crippen LogP contribution in [0.2, 0.25) is 0 Å². The van der Waals surface area contributed by atoms with Gasteiger partial charge in [0, 0.05) is 19.3 Å². The van der Waals surface area contributed by atoms with Gasteiger partial charge in [-0.1, -0.05) is 13.8 Å². The molecular weight excluding hydrogens is 252 g/mol. The fourth-order valence-electron chi connectivity index (χ4n) is 2.98. The highest BCUT2D eigenvalue weighted by Gasteiger charge is 2.34. The maximum Gasteiger partial charge on any atom is 0.339 e. The Morgan fingerprint density at radius 1 is 1.40 bits per heavy atom. The normalized spacial score (nSPS) is 18.1. The fourth-order valence-corrected chi connectivity index (χ4v) is 2.98. The first-order valence-electron chi connectivity index (χ1n) is 7.38. The maximum absolute atomic E-state index is 11.4. The standard InChI is InChI=1S/C16H24N2O2/c1-4-16(5-2)8-9-18(12-16)11-14-7-6-13(10-17-14)15(19)20-3/h6-7,10H,4-5,8-9,11-12H2,1-3H3. The van der Waals surface area contributed by atoms with E-state index >= 15 is 0 Å². The minimum Gasteiger partial charge on any atom is -0.465 e. The van der Waals surface area contributed by atoms with E-state index in [1.54, 1.807) is 12.3 Å². The van der Waals surface area contributed by atoms with E-state index < -0.39 is 0 Å². The van der Waals surface area contributed by atoms with Gasteiger partial charge in [0.25, 0.3) is 0 Å². The number of carbonyl (C=O) groups excluding carboxylic acids is 1. The molecule has 0 radical (unpaired) electrons. The van der Waals surface area contributed by atoms with Crippen LogP contribution in [-0.4, -0.2) is 36.1 Å². The van der Waals surface area contributed by atoms with Crippen molar-refractivity contribution in [3.63, 3.8) is 0 Å². The van der Waals surface area contributed by atoms with Crippen molar-refractivity contribution in [3.8, 4) is 0 Å². The molecule has 1 aliphatic rings. The fraction of sp³-hybridized carbons (Fsp3) is 0.625. The van der Waals surface area contributed by atoms with Crippen LogP contribution in [0, 0.1) is 5.41 Å². The van der Waals surface area contributed by atoms with Gasteiger partial charge in [-0.2, -0.15) is 0 Å². The van der Waals surface area contributed by atoms with Gasteiger partial charge in [-0.25, -0.2) is 4.79 Å². The first kappa shape index (κ1) is 15.0. The van der Waals surface area contributed by atoms with Crippen LogP contribution in [0.3, 0.4) is 0 Å². The number of likely N-dealkylation sites (tertiary alicyclic amines) is 1. The number of methoxy groups -OCH3 is 1. The molecule has 0 atom stereocenters. The molecule has 1 aromatic heterocycles. The third kappa shape index (κ3) is 3.18. The highest BCUT2D eigenvalue weighted by Crippen LogP contribution is 2.37. The van der Waals surface area contributed by atoms with Gasteiger partial charge in [-0.15, -0.1) is 0 Å². The van der Waals surface area contributed by atoms with Gasteiger partial charge in [-0.3, -0.25) is 9.88 Å². The maximum atomic E-state index is 11.4. The molecule has 1 aromatic rings. The Bertz CT molecular complexity index is 452. The van der Waals surface area contributed by atoms with Crippen molar-refractivity contribution in [2.75, 3.05) is 20.2 Å². The lowest BCUT2D eigenvalue weighted by Crippen LogP contribution is -2.26. The molecule has 0 aromatic carbocycles. The van der Waals surface area contributed by atoms with Crippen LogP contribution < -0.4 is 0 Å². The van der Waals surface area contributed by atoms with Crippen molar-refractivity contribution in [2.24, 2.45) is 5.41 Å². The number of esters is 1. The first-order valence-corrected chi connectivity index (χ1v) is 7.38. The van der Waals surface area contributed by atoms with E-state index in [1.165, 1.54) is 26.4 Å². The van der Waals surface area contributed by atoms with Crippen LogP contribution in [0.25, 0.3) is 0 Å². The van der Waals surface area contributed by atoms with Gasteiger partial charge in [0.05, 0.1) is 18.4 Å². The zero-order chi connectivity index (χ0) is 14.6. The molecule has 0 amide bonds. The van der Waals surface area contributed by atoms with E-state index in [1.807, 2.05) is 6.07 Å². The van der Waals surface area contributed by atoms with Crippen molar-refractivity contribution >= 4 is 5.97 Å². The lowest BCUT2D eigenvalue weighted by atomic mass is 9.82. The van der Waals surface area contributed by atoms with Crippen LogP contribution in [0.4, 0.5) is 0 Å². The highest BCUT2D eigenvalue weighted by molar-refractivity contribution is 5.88. The molecular formula is C16H24N2O2. The Hall–Kier alpha value is -1.42. The molecule has 20 heavy (non-hydrogen) atoms. The zero-order valence-electron chi connectivity index (χ0n) is 12.7. The smallest absolute Gasteiger partial charge is 0.339 e. The van der Waals surface area contributed by atoms with E-state index in [-0.39, 0.29) is 5.97 Å². The molecule has 2 heterocycles. The van der Waals surface area contributed by atoms with Crippen molar-refractivity contribution in [1.82, 2.24) is 9.88 Å². The monoisotopic (exact) mass is 276 g/mol. The van der Waals surface area contributed by atoms with Crippen LogP contribution in [0.5, 0.6) is 0 Å². The Labute approximate surface area is 121 Å². The second kappa shape index (κ2) is 6.35. The summed E-state index contributed by atoms with van der Waals surface area (Å²) in [6.45, 7) is 7.73. The first-order chi connectivity index (χ1) is 9.62. The Morgan fingerprint density at radius 2 is 2.15 bits per heavy atom.